The van der Waals surface area contributed by atoms with E-state index in [-0.39, 0.29) is 0 Å². The Balaban J connectivity index is 2.20. The van der Waals surface area contributed by atoms with E-state index in [1.807, 2.05) is 6.20 Å². The van der Waals surface area contributed by atoms with Crippen molar-refractivity contribution in [3.05, 3.63) is 18.0 Å². The third kappa shape index (κ3) is 1.28. The molecule has 3 heteroatoms. The van der Waals surface area contributed by atoms with Crippen LogP contribution in [0.5, 0.6) is 0 Å². The lowest BCUT2D eigenvalue weighted by Gasteiger charge is -2.06. The third-order valence-electron chi connectivity index (χ3n) is 2.21. The first-order chi connectivity index (χ1) is 5.36. The number of rotatable bonds is 0. The first kappa shape index (κ1) is 6.85. The van der Waals surface area contributed by atoms with Crippen molar-refractivity contribution in [2.75, 3.05) is 0 Å². The molecule has 2 heterocycles. The normalized spacial score (nSPS) is 24.3. The highest BCUT2D eigenvalue weighted by atomic mass is 15.3. The third-order valence-corrected chi connectivity index (χ3v) is 2.21. The van der Waals surface area contributed by atoms with E-state index < -0.39 is 0 Å². The topological polar surface area (TPSA) is 29.9 Å². The average Bonchev–Trinajstić information content (AvgIpc) is 2.38. The molecule has 1 unspecified atom stereocenters. The van der Waals surface area contributed by atoms with E-state index >= 15 is 0 Å². The summed E-state index contributed by atoms with van der Waals surface area (Å²) in [6.07, 6.45) is 3.04. The smallest absolute Gasteiger partial charge is 0.0522 e. The van der Waals surface area contributed by atoms with Crippen LogP contribution in [0.15, 0.2) is 12.3 Å². The van der Waals surface area contributed by atoms with Crippen molar-refractivity contribution in [3.8, 4) is 0 Å². The summed E-state index contributed by atoms with van der Waals surface area (Å²) in [7, 11) is 0. The minimum absolute atomic E-state index is 0.622. The van der Waals surface area contributed by atoms with Gasteiger partial charge in [-0.2, -0.15) is 5.10 Å². The van der Waals surface area contributed by atoms with Gasteiger partial charge in [0.05, 0.1) is 5.69 Å². The first-order valence-electron chi connectivity index (χ1n) is 4.10. The highest BCUT2D eigenvalue weighted by molar-refractivity contribution is 5.01. The lowest BCUT2D eigenvalue weighted by molar-refractivity contribution is 0.504. The monoisotopic (exact) mass is 151 g/mol. The molecule has 0 bridgehead atoms. The van der Waals surface area contributed by atoms with Crippen LogP contribution >= 0.6 is 0 Å². The van der Waals surface area contributed by atoms with Gasteiger partial charge in [0.2, 0.25) is 0 Å². The van der Waals surface area contributed by atoms with Gasteiger partial charge in [0, 0.05) is 25.3 Å². The van der Waals surface area contributed by atoms with E-state index in [9.17, 15) is 0 Å². The Kier molecular flexibility index (Phi) is 1.66. The van der Waals surface area contributed by atoms with Crippen molar-refractivity contribution in [2.24, 2.45) is 0 Å². The second-order valence-corrected chi connectivity index (χ2v) is 3.12. The van der Waals surface area contributed by atoms with E-state index in [1.165, 1.54) is 12.1 Å². The van der Waals surface area contributed by atoms with Crippen LogP contribution in [-0.2, 0) is 13.1 Å². The Labute approximate surface area is 66.4 Å². The summed E-state index contributed by atoms with van der Waals surface area (Å²) in [5.41, 5.74) is 1.30. The Bertz CT molecular complexity index is 219. The molecular weight excluding hydrogens is 138 g/mol. The summed E-state index contributed by atoms with van der Waals surface area (Å²) in [5.74, 6) is 0. The van der Waals surface area contributed by atoms with Crippen LogP contribution in [-0.4, -0.2) is 15.8 Å². The molecule has 2 rings (SSSR count). The van der Waals surface area contributed by atoms with Gasteiger partial charge in [0.25, 0.3) is 0 Å². The number of fused-ring (bicyclic) bond motifs is 1. The van der Waals surface area contributed by atoms with Crippen molar-refractivity contribution < 1.29 is 0 Å². The van der Waals surface area contributed by atoms with Crippen LogP contribution in [0.25, 0.3) is 0 Å². The van der Waals surface area contributed by atoms with Crippen molar-refractivity contribution in [1.82, 2.24) is 15.1 Å². The molecule has 0 fully saturated rings. The number of nitrogens with zero attached hydrogens (tertiary/aromatic N) is 2. The van der Waals surface area contributed by atoms with E-state index in [4.69, 9.17) is 0 Å². The molecule has 0 radical (unpaired) electrons. The van der Waals surface area contributed by atoms with E-state index in [0.717, 1.165) is 13.1 Å². The van der Waals surface area contributed by atoms with Gasteiger partial charge in [-0.1, -0.05) is 0 Å². The first-order valence-corrected chi connectivity index (χ1v) is 4.10. The quantitative estimate of drug-likeness (QED) is 0.593. The molecule has 0 spiro atoms. The predicted molar refractivity (Wildman–Crippen MR) is 43.1 cm³/mol. The maximum atomic E-state index is 4.23. The molecule has 0 saturated heterocycles. The van der Waals surface area contributed by atoms with E-state index in [0.29, 0.717) is 6.04 Å². The predicted octanol–water partition coefficient (Wildman–Crippen LogP) is 0.765. The molecule has 60 valence electrons. The Morgan fingerprint density at radius 3 is 3.55 bits per heavy atom. The maximum absolute atomic E-state index is 4.23. The highest BCUT2D eigenvalue weighted by Gasteiger charge is 2.10. The standard InChI is InChI=1S/C8H13N3/c1-7-3-5-11-8(6-9-7)2-4-10-11/h2,4,7,9H,3,5-6H2,1H3. The lowest BCUT2D eigenvalue weighted by atomic mass is 10.2. The van der Waals surface area contributed by atoms with Gasteiger partial charge in [0.15, 0.2) is 0 Å². The Morgan fingerprint density at radius 1 is 1.73 bits per heavy atom. The van der Waals surface area contributed by atoms with Gasteiger partial charge in [-0.05, 0) is 19.4 Å². The van der Waals surface area contributed by atoms with Crippen molar-refractivity contribution >= 4 is 0 Å². The Morgan fingerprint density at radius 2 is 2.64 bits per heavy atom. The molecule has 1 aliphatic heterocycles. The van der Waals surface area contributed by atoms with Gasteiger partial charge < -0.3 is 5.32 Å². The van der Waals surface area contributed by atoms with Crippen molar-refractivity contribution in [1.29, 1.82) is 0 Å². The van der Waals surface area contributed by atoms with Crippen LogP contribution in [0, 0.1) is 0 Å². The largest absolute Gasteiger partial charge is 0.309 e. The van der Waals surface area contributed by atoms with Crippen molar-refractivity contribution in [3.63, 3.8) is 0 Å². The fourth-order valence-corrected chi connectivity index (χ4v) is 1.41. The van der Waals surface area contributed by atoms with E-state index in [1.54, 1.807) is 0 Å². The summed E-state index contributed by atoms with van der Waals surface area (Å²) in [5, 5.41) is 7.65. The molecule has 1 aromatic rings. The molecule has 0 saturated carbocycles. The molecule has 11 heavy (non-hydrogen) atoms. The molecule has 0 aromatic carbocycles. The van der Waals surface area contributed by atoms with Crippen molar-refractivity contribution in [2.45, 2.75) is 32.5 Å². The zero-order chi connectivity index (χ0) is 7.68. The number of hydrogen-bond donors (Lipinski definition) is 1. The molecule has 3 nitrogen and oxygen atoms in total. The number of nitrogens with one attached hydrogen (secondary N) is 1. The fraction of sp³-hybridized carbons (Fsp3) is 0.625. The second-order valence-electron chi connectivity index (χ2n) is 3.12. The average molecular weight is 151 g/mol. The maximum Gasteiger partial charge on any atom is 0.0522 e. The van der Waals surface area contributed by atoms with Crippen LogP contribution in [0.1, 0.15) is 19.0 Å². The molecule has 0 aliphatic carbocycles. The molecule has 1 N–H and O–H groups in total. The van der Waals surface area contributed by atoms with Gasteiger partial charge in [-0.3, -0.25) is 4.68 Å². The van der Waals surface area contributed by atoms with Gasteiger partial charge >= 0.3 is 0 Å². The number of aryl methyl sites for hydroxylation is 1. The molecule has 0 amide bonds. The van der Waals surface area contributed by atoms with Gasteiger partial charge in [-0.25, -0.2) is 0 Å². The van der Waals surface area contributed by atoms with Gasteiger partial charge in [0.1, 0.15) is 0 Å². The molecular formula is C8H13N3. The van der Waals surface area contributed by atoms with Crippen LogP contribution in [0.3, 0.4) is 0 Å². The summed E-state index contributed by atoms with van der Waals surface area (Å²) in [6, 6.07) is 2.70. The summed E-state index contributed by atoms with van der Waals surface area (Å²) in [4.78, 5) is 0. The zero-order valence-electron chi connectivity index (χ0n) is 6.75. The zero-order valence-corrected chi connectivity index (χ0v) is 6.75. The molecule has 1 aromatic heterocycles. The SMILES string of the molecule is CC1CCn2nccc2CN1. The number of hydrogen-bond acceptors (Lipinski definition) is 2. The van der Waals surface area contributed by atoms with E-state index in [2.05, 4.69) is 28.1 Å². The summed E-state index contributed by atoms with van der Waals surface area (Å²) < 4.78 is 2.08. The highest BCUT2D eigenvalue weighted by Crippen LogP contribution is 2.06. The lowest BCUT2D eigenvalue weighted by Crippen LogP contribution is -2.23. The number of aromatic nitrogens is 2. The second kappa shape index (κ2) is 2.66. The van der Waals surface area contributed by atoms with Crippen LogP contribution in [0.2, 0.25) is 0 Å². The van der Waals surface area contributed by atoms with Crippen LogP contribution in [0.4, 0.5) is 0 Å². The minimum atomic E-state index is 0.622. The fourth-order valence-electron chi connectivity index (χ4n) is 1.41. The Hall–Kier alpha value is -0.830. The minimum Gasteiger partial charge on any atom is -0.309 e. The van der Waals surface area contributed by atoms with Crippen LogP contribution < -0.4 is 5.32 Å². The van der Waals surface area contributed by atoms with Gasteiger partial charge in [-0.15, -0.1) is 0 Å². The summed E-state index contributed by atoms with van der Waals surface area (Å²) in [6.45, 7) is 4.23. The molecule has 1 atom stereocenters. The molecule has 1 aliphatic rings. The summed E-state index contributed by atoms with van der Waals surface area (Å²) >= 11 is 0.